The highest BCUT2D eigenvalue weighted by Gasteiger charge is 2.09. The fourth-order valence-corrected chi connectivity index (χ4v) is 1.85. The molecule has 0 spiro atoms. The molecule has 0 saturated heterocycles. The van der Waals surface area contributed by atoms with Crippen molar-refractivity contribution >= 4 is 6.29 Å². The Balaban J connectivity index is 2.15. The van der Waals surface area contributed by atoms with Gasteiger partial charge >= 0.3 is 0 Å². The van der Waals surface area contributed by atoms with E-state index >= 15 is 0 Å². The minimum Gasteiger partial charge on any atom is -0.307 e. The second kappa shape index (κ2) is 6.18. The van der Waals surface area contributed by atoms with E-state index < -0.39 is 0 Å². The van der Waals surface area contributed by atoms with E-state index in [1.807, 2.05) is 6.29 Å². The zero-order chi connectivity index (χ0) is 8.65. The lowest BCUT2D eigenvalue weighted by Gasteiger charge is -2.19. The molecular formula is C10H18NO. The highest BCUT2D eigenvalue weighted by atomic mass is 16.1. The van der Waals surface area contributed by atoms with E-state index in [9.17, 15) is 4.79 Å². The Hall–Kier alpha value is -0.370. The predicted molar refractivity (Wildman–Crippen MR) is 49.8 cm³/mol. The summed E-state index contributed by atoms with van der Waals surface area (Å²) in [6, 6.07) is 0.576. The van der Waals surface area contributed by atoms with E-state index in [-0.39, 0.29) is 0 Å². The van der Waals surface area contributed by atoms with Crippen molar-refractivity contribution in [2.45, 2.75) is 51.0 Å². The average molecular weight is 168 g/mol. The fourth-order valence-electron chi connectivity index (χ4n) is 1.85. The predicted octanol–water partition coefficient (Wildman–Crippen LogP) is 1.80. The van der Waals surface area contributed by atoms with E-state index in [4.69, 9.17) is 0 Å². The summed E-state index contributed by atoms with van der Waals surface area (Å²) >= 11 is 0. The van der Waals surface area contributed by atoms with Gasteiger partial charge in [0.25, 0.3) is 0 Å². The van der Waals surface area contributed by atoms with Gasteiger partial charge in [0.2, 0.25) is 6.29 Å². The van der Waals surface area contributed by atoms with E-state index in [1.165, 1.54) is 44.9 Å². The minimum atomic E-state index is 0.407. The maximum Gasteiger partial charge on any atom is 0.213 e. The molecule has 1 radical (unpaired) electrons. The van der Waals surface area contributed by atoms with Gasteiger partial charge in [-0.3, -0.25) is 4.79 Å². The lowest BCUT2D eigenvalue weighted by molar-refractivity contribution is 0.401. The van der Waals surface area contributed by atoms with Gasteiger partial charge in [0.05, 0.1) is 6.54 Å². The van der Waals surface area contributed by atoms with E-state index in [2.05, 4.69) is 5.32 Å². The summed E-state index contributed by atoms with van der Waals surface area (Å²) in [4.78, 5) is 10.0. The Morgan fingerprint density at radius 3 is 2.25 bits per heavy atom. The smallest absolute Gasteiger partial charge is 0.213 e. The van der Waals surface area contributed by atoms with Crippen LogP contribution in [-0.2, 0) is 4.79 Å². The molecule has 0 amide bonds. The van der Waals surface area contributed by atoms with Crippen molar-refractivity contribution in [3.05, 3.63) is 0 Å². The molecule has 1 fully saturated rings. The molecule has 2 heteroatoms. The Labute approximate surface area is 74.7 Å². The second-order valence-electron chi connectivity index (χ2n) is 3.57. The normalized spacial score (nSPS) is 21.3. The molecule has 1 rings (SSSR count). The summed E-state index contributed by atoms with van der Waals surface area (Å²) in [7, 11) is 0. The van der Waals surface area contributed by atoms with Crippen LogP contribution >= 0.6 is 0 Å². The maximum atomic E-state index is 10.0. The van der Waals surface area contributed by atoms with Crippen molar-refractivity contribution < 1.29 is 4.79 Å². The summed E-state index contributed by atoms with van der Waals surface area (Å²) in [5, 5.41) is 3.22. The molecule has 0 unspecified atom stereocenters. The van der Waals surface area contributed by atoms with Crippen LogP contribution in [0.4, 0.5) is 0 Å². The maximum absolute atomic E-state index is 10.0. The van der Waals surface area contributed by atoms with E-state index in [1.54, 1.807) is 0 Å². The van der Waals surface area contributed by atoms with Crippen molar-refractivity contribution in [3.8, 4) is 0 Å². The standard InChI is InChI=1S/C10H18NO/c12-9-8-11-10-6-4-2-1-3-5-7-10/h10-11H,1-8H2. The summed E-state index contributed by atoms with van der Waals surface area (Å²) in [5.41, 5.74) is 0. The number of nitrogens with one attached hydrogen (secondary N) is 1. The molecular weight excluding hydrogens is 150 g/mol. The number of carbonyl (C=O) groups excluding carboxylic acids is 1. The number of rotatable bonds is 3. The van der Waals surface area contributed by atoms with E-state index in [0.717, 1.165) is 0 Å². The lowest BCUT2D eigenvalue weighted by atomic mass is 9.97. The first-order chi connectivity index (χ1) is 5.93. The molecule has 0 aromatic heterocycles. The summed E-state index contributed by atoms with van der Waals surface area (Å²) < 4.78 is 0. The van der Waals surface area contributed by atoms with Gasteiger partial charge in [-0.25, -0.2) is 0 Å². The van der Waals surface area contributed by atoms with Crippen LogP contribution in [0.5, 0.6) is 0 Å². The van der Waals surface area contributed by atoms with Crippen LogP contribution in [0.2, 0.25) is 0 Å². The van der Waals surface area contributed by atoms with Gasteiger partial charge in [-0.15, -0.1) is 0 Å². The van der Waals surface area contributed by atoms with Gasteiger partial charge in [0.1, 0.15) is 0 Å². The second-order valence-corrected chi connectivity index (χ2v) is 3.57. The number of hydrogen-bond donors (Lipinski definition) is 1. The first kappa shape index (κ1) is 9.72. The van der Waals surface area contributed by atoms with Gasteiger partial charge in [-0.05, 0) is 12.8 Å². The van der Waals surface area contributed by atoms with Crippen molar-refractivity contribution in [1.82, 2.24) is 5.32 Å². The lowest BCUT2D eigenvalue weighted by Crippen LogP contribution is -2.31. The van der Waals surface area contributed by atoms with Gasteiger partial charge in [-0.1, -0.05) is 32.1 Å². The van der Waals surface area contributed by atoms with Gasteiger partial charge < -0.3 is 5.32 Å². The van der Waals surface area contributed by atoms with Crippen molar-refractivity contribution in [1.29, 1.82) is 0 Å². The largest absolute Gasteiger partial charge is 0.307 e. The molecule has 1 N–H and O–H groups in total. The van der Waals surface area contributed by atoms with Crippen molar-refractivity contribution in [2.75, 3.05) is 6.54 Å². The Morgan fingerprint density at radius 1 is 1.08 bits per heavy atom. The topological polar surface area (TPSA) is 29.1 Å². The molecule has 0 atom stereocenters. The first-order valence-corrected chi connectivity index (χ1v) is 5.02. The van der Waals surface area contributed by atoms with Crippen molar-refractivity contribution in [2.24, 2.45) is 0 Å². The number of hydrogen-bond acceptors (Lipinski definition) is 2. The molecule has 1 saturated carbocycles. The Morgan fingerprint density at radius 2 is 1.67 bits per heavy atom. The molecule has 2 nitrogen and oxygen atoms in total. The third kappa shape index (κ3) is 3.86. The third-order valence-corrected chi connectivity index (χ3v) is 2.57. The molecule has 12 heavy (non-hydrogen) atoms. The SMILES string of the molecule is O=[C]CNC1CCCCCCC1. The van der Waals surface area contributed by atoms with Crippen LogP contribution in [0, 0.1) is 0 Å². The zero-order valence-electron chi connectivity index (χ0n) is 7.64. The van der Waals surface area contributed by atoms with Crippen molar-refractivity contribution in [3.63, 3.8) is 0 Å². The van der Waals surface area contributed by atoms with Gasteiger partial charge in [0.15, 0.2) is 0 Å². The first-order valence-electron chi connectivity index (χ1n) is 5.02. The molecule has 1 aliphatic rings. The summed E-state index contributed by atoms with van der Waals surface area (Å²) in [6.45, 7) is 0.407. The van der Waals surface area contributed by atoms with Gasteiger partial charge in [-0.2, -0.15) is 0 Å². The zero-order valence-corrected chi connectivity index (χ0v) is 7.64. The van der Waals surface area contributed by atoms with Crippen LogP contribution in [0.3, 0.4) is 0 Å². The third-order valence-electron chi connectivity index (χ3n) is 2.57. The van der Waals surface area contributed by atoms with E-state index in [0.29, 0.717) is 12.6 Å². The monoisotopic (exact) mass is 168 g/mol. The minimum absolute atomic E-state index is 0.407. The summed E-state index contributed by atoms with van der Waals surface area (Å²) in [5.74, 6) is 0. The molecule has 1 aliphatic carbocycles. The molecule has 0 aliphatic heterocycles. The molecule has 0 aromatic rings. The Kier molecular flexibility index (Phi) is 5.00. The highest BCUT2D eigenvalue weighted by molar-refractivity contribution is 5.52. The highest BCUT2D eigenvalue weighted by Crippen LogP contribution is 2.16. The van der Waals surface area contributed by atoms with Crippen LogP contribution in [-0.4, -0.2) is 18.9 Å². The fraction of sp³-hybridized carbons (Fsp3) is 0.900. The van der Waals surface area contributed by atoms with Crippen LogP contribution in [0.25, 0.3) is 0 Å². The summed E-state index contributed by atoms with van der Waals surface area (Å²) in [6.07, 6.45) is 11.1. The molecule has 0 heterocycles. The van der Waals surface area contributed by atoms with Crippen LogP contribution in [0.1, 0.15) is 44.9 Å². The average Bonchev–Trinajstić information content (AvgIpc) is 2.02. The molecule has 69 valence electrons. The Bertz CT molecular complexity index is 117. The molecule has 0 aromatic carbocycles. The quantitative estimate of drug-likeness (QED) is 0.696. The van der Waals surface area contributed by atoms with Crippen LogP contribution < -0.4 is 5.32 Å². The van der Waals surface area contributed by atoms with Gasteiger partial charge in [0, 0.05) is 6.04 Å². The molecule has 0 bridgehead atoms. The van der Waals surface area contributed by atoms with Crippen LogP contribution in [0.15, 0.2) is 0 Å².